The van der Waals surface area contributed by atoms with Crippen molar-refractivity contribution in [1.29, 1.82) is 0 Å². The second-order valence-electron chi connectivity index (χ2n) is 3.91. The number of rotatable bonds is 2. The summed E-state index contributed by atoms with van der Waals surface area (Å²) in [5.74, 6) is 1.36. The second kappa shape index (κ2) is 5.19. The number of thiophene rings is 1. The summed E-state index contributed by atoms with van der Waals surface area (Å²) >= 11 is 1.47. The van der Waals surface area contributed by atoms with Crippen molar-refractivity contribution in [3.8, 4) is 11.5 Å². The first kappa shape index (κ1) is 11.9. The van der Waals surface area contributed by atoms with Crippen molar-refractivity contribution >= 4 is 28.1 Å². The maximum atomic E-state index is 11.8. The Bertz CT molecular complexity index is 584. The SMILES string of the molecule is O=C(Nc1ccc2c(c1)OCCO2)Nc1cccs1. The molecule has 0 radical (unpaired) electrons. The zero-order chi connectivity index (χ0) is 13.1. The molecule has 0 bridgehead atoms. The van der Waals surface area contributed by atoms with Gasteiger partial charge in [-0.2, -0.15) is 0 Å². The molecule has 5 nitrogen and oxygen atoms in total. The number of ether oxygens (including phenoxy) is 2. The van der Waals surface area contributed by atoms with Gasteiger partial charge in [0.05, 0.1) is 5.00 Å². The summed E-state index contributed by atoms with van der Waals surface area (Å²) in [6.45, 7) is 1.08. The van der Waals surface area contributed by atoms with Crippen molar-refractivity contribution in [2.45, 2.75) is 0 Å². The van der Waals surface area contributed by atoms with Crippen LogP contribution in [-0.2, 0) is 0 Å². The number of hydrogen-bond acceptors (Lipinski definition) is 4. The molecule has 0 aliphatic carbocycles. The van der Waals surface area contributed by atoms with E-state index in [0.29, 0.717) is 30.4 Å². The minimum absolute atomic E-state index is 0.279. The van der Waals surface area contributed by atoms with Gasteiger partial charge in [-0.3, -0.25) is 5.32 Å². The molecule has 1 aliphatic heterocycles. The van der Waals surface area contributed by atoms with Crippen molar-refractivity contribution in [3.05, 3.63) is 35.7 Å². The number of benzene rings is 1. The fourth-order valence-corrected chi connectivity index (χ4v) is 2.36. The van der Waals surface area contributed by atoms with Crippen LogP contribution in [0.25, 0.3) is 0 Å². The monoisotopic (exact) mass is 276 g/mol. The first-order chi connectivity index (χ1) is 9.31. The molecule has 2 amide bonds. The first-order valence-corrected chi connectivity index (χ1v) is 6.70. The Labute approximate surface area is 114 Å². The second-order valence-corrected chi connectivity index (χ2v) is 4.86. The summed E-state index contributed by atoms with van der Waals surface area (Å²) in [4.78, 5) is 11.8. The van der Waals surface area contributed by atoms with Crippen molar-refractivity contribution in [3.63, 3.8) is 0 Å². The Hall–Kier alpha value is -2.21. The van der Waals surface area contributed by atoms with Crippen LogP contribution in [0, 0.1) is 0 Å². The van der Waals surface area contributed by atoms with Gasteiger partial charge >= 0.3 is 6.03 Å². The van der Waals surface area contributed by atoms with Gasteiger partial charge in [0.15, 0.2) is 11.5 Å². The van der Waals surface area contributed by atoms with E-state index in [1.165, 1.54) is 11.3 Å². The molecule has 2 N–H and O–H groups in total. The van der Waals surface area contributed by atoms with E-state index in [9.17, 15) is 4.79 Å². The molecule has 0 spiro atoms. The quantitative estimate of drug-likeness (QED) is 0.885. The van der Waals surface area contributed by atoms with E-state index < -0.39 is 0 Å². The Morgan fingerprint density at radius 2 is 1.95 bits per heavy atom. The topological polar surface area (TPSA) is 59.6 Å². The van der Waals surface area contributed by atoms with Crippen molar-refractivity contribution < 1.29 is 14.3 Å². The number of urea groups is 1. The third kappa shape index (κ3) is 2.79. The molecule has 0 saturated heterocycles. The molecule has 1 aromatic heterocycles. The van der Waals surface area contributed by atoms with Gasteiger partial charge in [0, 0.05) is 11.8 Å². The molecule has 19 heavy (non-hydrogen) atoms. The highest BCUT2D eigenvalue weighted by atomic mass is 32.1. The van der Waals surface area contributed by atoms with Crippen LogP contribution in [0.2, 0.25) is 0 Å². The van der Waals surface area contributed by atoms with Crippen LogP contribution in [0.3, 0.4) is 0 Å². The number of amides is 2. The molecule has 2 aromatic rings. The van der Waals surface area contributed by atoms with E-state index in [1.54, 1.807) is 18.2 Å². The van der Waals surface area contributed by atoms with Crippen LogP contribution >= 0.6 is 11.3 Å². The average Bonchev–Trinajstić information content (AvgIpc) is 2.91. The van der Waals surface area contributed by atoms with Gasteiger partial charge in [-0.15, -0.1) is 11.3 Å². The lowest BCUT2D eigenvalue weighted by atomic mass is 10.2. The van der Waals surface area contributed by atoms with Crippen LogP contribution in [0.5, 0.6) is 11.5 Å². The molecule has 0 atom stereocenters. The number of hydrogen-bond donors (Lipinski definition) is 2. The Morgan fingerprint density at radius 3 is 2.74 bits per heavy atom. The lowest BCUT2D eigenvalue weighted by Gasteiger charge is -2.19. The van der Waals surface area contributed by atoms with Crippen molar-refractivity contribution in [2.75, 3.05) is 23.8 Å². The maximum Gasteiger partial charge on any atom is 0.324 e. The van der Waals surface area contributed by atoms with Gasteiger partial charge in [-0.1, -0.05) is 0 Å². The normalized spacial score (nSPS) is 12.8. The van der Waals surface area contributed by atoms with Crippen molar-refractivity contribution in [2.24, 2.45) is 0 Å². The van der Waals surface area contributed by atoms with E-state index in [0.717, 1.165) is 5.00 Å². The summed E-state index contributed by atoms with van der Waals surface area (Å²) in [5, 5.41) is 8.20. The standard InChI is InChI=1S/C13H12N2O3S/c16-13(15-12-2-1-7-19-12)14-9-3-4-10-11(8-9)18-6-5-17-10/h1-4,7-8H,5-6H2,(H2,14,15,16). The number of fused-ring (bicyclic) bond motifs is 1. The molecular formula is C13H12N2O3S. The Kier molecular flexibility index (Phi) is 3.24. The Balaban J connectivity index is 1.67. The van der Waals surface area contributed by atoms with Gasteiger partial charge in [-0.25, -0.2) is 4.79 Å². The molecule has 0 unspecified atom stereocenters. The van der Waals surface area contributed by atoms with E-state index in [4.69, 9.17) is 9.47 Å². The van der Waals surface area contributed by atoms with Crippen LogP contribution in [0.15, 0.2) is 35.7 Å². The van der Waals surface area contributed by atoms with Crippen LogP contribution in [-0.4, -0.2) is 19.2 Å². The smallest absolute Gasteiger partial charge is 0.324 e. The highest BCUT2D eigenvalue weighted by Gasteiger charge is 2.12. The molecule has 6 heteroatoms. The zero-order valence-corrected chi connectivity index (χ0v) is 10.8. The van der Waals surface area contributed by atoms with E-state index in [-0.39, 0.29) is 6.03 Å². The number of carbonyl (C=O) groups is 1. The largest absolute Gasteiger partial charge is 0.486 e. The van der Waals surface area contributed by atoms with Gasteiger partial charge in [0.1, 0.15) is 13.2 Å². The summed E-state index contributed by atoms with van der Waals surface area (Å²) < 4.78 is 10.9. The minimum atomic E-state index is -0.279. The summed E-state index contributed by atoms with van der Waals surface area (Å²) in [6, 6.07) is 8.76. The maximum absolute atomic E-state index is 11.8. The van der Waals surface area contributed by atoms with Crippen LogP contribution < -0.4 is 20.1 Å². The molecule has 98 valence electrons. The minimum Gasteiger partial charge on any atom is -0.486 e. The molecule has 0 saturated carbocycles. The van der Waals surface area contributed by atoms with E-state index >= 15 is 0 Å². The highest BCUT2D eigenvalue weighted by Crippen LogP contribution is 2.32. The predicted molar refractivity (Wildman–Crippen MR) is 74.4 cm³/mol. The molecule has 2 heterocycles. The van der Waals surface area contributed by atoms with Crippen LogP contribution in [0.1, 0.15) is 0 Å². The van der Waals surface area contributed by atoms with Crippen LogP contribution in [0.4, 0.5) is 15.5 Å². The molecule has 3 rings (SSSR count). The van der Waals surface area contributed by atoms with Gasteiger partial charge < -0.3 is 14.8 Å². The number of anilines is 2. The van der Waals surface area contributed by atoms with E-state index in [1.807, 2.05) is 17.5 Å². The number of nitrogens with one attached hydrogen (secondary N) is 2. The highest BCUT2D eigenvalue weighted by molar-refractivity contribution is 7.14. The van der Waals surface area contributed by atoms with Gasteiger partial charge in [0.25, 0.3) is 0 Å². The summed E-state index contributed by atoms with van der Waals surface area (Å²) in [5.41, 5.74) is 0.665. The lowest BCUT2D eigenvalue weighted by molar-refractivity contribution is 0.171. The van der Waals surface area contributed by atoms with Gasteiger partial charge in [-0.05, 0) is 29.6 Å². The fourth-order valence-electron chi connectivity index (χ4n) is 1.75. The third-order valence-corrected chi connectivity index (χ3v) is 3.34. The molecule has 1 aromatic carbocycles. The molecule has 1 aliphatic rings. The molecule has 0 fully saturated rings. The summed E-state index contributed by atoms with van der Waals surface area (Å²) in [6.07, 6.45) is 0. The Morgan fingerprint density at radius 1 is 1.11 bits per heavy atom. The first-order valence-electron chi connectivity index (χ1n) is 5.82. The third-order valence-electron chi connectivity index (χ3n) is 2.56. The fraction of sp³-hybridized carbons (Fsp3) is 0.154. The predicted octanol–water partition coefficient (Wildman–Crippen LogP) is 3.16. The zero-order valence-electron chi connectivity index (χ0n) is 10.0. The molecular weight excluding hydrogens is 264 g/mol. The van der Waals surface area contributed by atoms with Gasteiger partial charge in [0.2, 0.25) is 0 Å². The lowest BCUT2D eigenvalue weighted by Crippen LogP contribution is -2.19. The van der Waals surface area contributed by atoms with Crippen molar-refractivity contribution in [1.82, 2.24) is 0 Å². The van der Waals surface area contributed by atoms with E-state index in [2.05, 4.69) is 10.6 Å². The average molecular weight is 276 g/mol. The number of carbonyl (C=O) groups excluding carboxylic acids is 1. The summed E-state index contributed by atoms with van der Waals surface area (Å²) in [7, 11) is 0.